The average Bonchev–Trinajstić information content (AvgIpc) is 3.15. The number of β-amino-alcohol motifs (C(OH)–C–C–N with tert-alkyl or cyclic N) is 1. The summed E-state index contributed by atoms with van der Waals surface area (Å²) in [6.07, 6.45) is 3.37. The minimum Gasteiger partial charge on any atom is -0.395 e. The first-order valence-electron chi connectivity index (χ1n) is 12.3. The largest absolute Gasteiger partial charge is 0.395 e. The first-order chi connectivity index (χ1) is 17.9. The Balaban J connectivity index is 1.52. The molecule has 5 rings (SSSR count). The van der Waals surface area contributed by atoms with Crippen molar-refractivity contribution in [2.45, 2.75) is 20.4 Å². The van der Waals surface area contributed by atoms with Gasteiger partial charge >= 0.3 is 0 Å². The van der Waals surface area contributed by atoms with Gasteiger partial charge in [-0.1, -0.05) is 59.9 Å². The smallest absolute Gasteiger partial charge is 0.267 e. The van der Waals surface area contributed by atoms with E-state index in [9.17, 15) is 14.7 Å². The number of hydrogen-bond acceptors (Lipinski definition) is 8. The molecule has 0 bridgehead atoms. The van der Waals surface area contributed by atoms with Gasteiger partial charge in [-0.25, -0.2) is 4.98 Å². The Morgan fingerprint density at radius 1 is 1.08 bits per heavy atom. The van der Waals surface area contributed by atoms with Crippen LogP contribution in [0.5, 0.6) is 0 Å². The summed E-state index contributed by atoms with van der Waals surface area (Å²) in [5.41, 5.74) is 3.81. The van der Waals surface area contributed by atoms with Crippen LogP contribution in [0.25, 0.3) is 11.7 Å². The lowest BCUT2D eigenvalue weighted by molar-refractivity contribution is -0.122. The maximum absolute atomic E-state index is 13.7. The van der Waals surface area contributed by atoms with Crippen molar-refractivity contribution in [1.82, 2.24) is 19.2 Å². The summed E-state index contributed by atoms with van der Waals surface area (Å²) in [6, 6.07) is 11.8. The maximum Gasteiger partial charge on any atom is 0.267 e. The summed E-state index contributed by atoms with van der Waals surface area (Å²) in [7, 11) is 0. The van der Waals surface area contributed by atoms with E-state index in [1.54, 1.807) is 21.6 Å². The van der Waals surface area contributed by atoms with E-state index in [-0.39, 0.29) is 18.1 Å². The van der Waals surface area contributed by atoms with Gasteiger partial charge in [-0.2, -0.15) is 0 Å². The van der Waals surface area contributed by atoms with Crippen LogP contribution >= 0.6 is 24.0 Å². The fourth-order valence-corrected chi connectivity index (χ4v) is 5.87. The van der Waals surface area contributed by atoms with Gasteiger partial charge in [-0.15, -0.1) is 0 Å². The van der Waals surface area contributed by atoms with E-state index in [1.807, 2.05) is 50.2 Å². The van der Waals surface area contributed by atoms with Crippen molar-refractivity contribution in [2.24, 2.45) is 0 Å². The molecule has 3 aromatic rings. The number of amides is 1. The number of piperazine rings is 1. The van der Waals surface area contributed by atoms with Crippen molar-refractivity contribution < 1.29 is 9.90 Å². The van der Waals surface area contributed by atoms with Gasteiger partial charge < -0.3 is 10.0 Å². The molecule has 2 saturated heterocycles. The molecule has 2 aliphatic heterocycles. The molecular weight excluding hydrogens is 506 g/mol. The summed E-state index contributed by atoms with van der Waals surface area (Å²) in [6.45, 7) is 7.93. The van der Waals surface area contributed by atoms with Gasteiger partial charge in [0.2, 0.25) is 0 Å². The van der Waals surface area contributed by atoms with Gasteiger partial charge in [-0.3, -0.25) is 23.8 Å². The first kappa shape index (κ1) is 25.6. The van der Waals surface area contributed by atoms with E-state index in [0.717, 1.165) is 29.8 Å². The van der Waals surface area contributed by atoms with Gasteiger partial charge in [-0.05, 0) is 37.1 Å². The summed E-state index contributed by atoms with van der Waals surface area (Å²) in [4.78, 5) is 38.3. The number of rotatable bonds is 6. The third-order valence-corrected chi connectivity index (χ3v) is 8.14. The Kier molecular flexibility index (Phi) is 7.43. The van der Waals surface area contributed by atoms with Gasteiger partial charge in [0.05, 0.1) is 23.6 Å². The minimum absolute atomic E-state index is 0.116. The molecule has 0 atom stereocenters. The molecule has 0 aliphatic carbocycles. The van der Waals surface area contributed by atoms with Crippen LogP contribution in [0, 0.1) is 13.8 Å². The van der Waals surface area contributed by atoms with Crippen LogP contribution in [-0.2, 0) is 11.3 Å². The second kappa shape index (κ2) is 10.7. The third-order valence-electron chi connectivity index (χ3n) is 6.76. The van der Waals surface area contributed by atoms with Crippen molar-refractivity contribution in [1.29, 1.82) is 0 Å². The number of aliphatic hydroxyl groups is 1. The average molecular weight is 536 g/mol. The predicted octanol–water partition coefficient (Wildman–Crippen LogP) is 2.83. The molecule has 2 aliphatic rings. The van der Waals surface area contributed by atoms with Crippen LogP contribution < -0.4 is 10.5 Å². The number of thiocarbonyl (C=S) groups is 1. The van der Waals surface area contributed by atoms with Crippen LogP contribution in [0.1, 0.15) is 22.3 Å². The Morgan fingerprint density at radius 3 is 2.51 bits per heavy atom. The molecule has 0 saturated carbocycles. The quantitative estimate of drug-likeness (QED) is 0.381. The van der Waals surface area contributed by atoms with Crippen molar-refractivity contribution in [3.05, 3.63) is 80.1 Å². The number of aromatic nitrogens is 2. The second-order valence-electron chi connectivity index (χ2n) is 9.34. The van der Waals surface area contributed by atoms with Gasteiger partial charge in [0.15, 0.2) is 0 Å². The van der Waals surface area contributed by atoms with Crippen LogP contribution in [0.15, 0.2) is 52.3 Å². The molecule has 4 heterocycles. The monoisotopic (exact) mass is 535 g/mol. The highest BCUT2D eigenvalue weighted by atomic mass is 32.2. The number of carbonyl (C=O) groups is 1. The Hall–Kier alpha value is -3.05. The Morgan fingerprint density at radius 2 is 1.81 bits per heavy atom. The zero-order valence-corrected chi connectivity index (χ0v) is 22.5. The van der Waals surface area contributed by atoms with E-state index in [0.29, 0.717) is 52.4 Å². The normalized spacial score (nSPS) is 18.0. The number of hydrogen-bond donors (Lipinski definition) is 1. The number of benzene rings is 1. The van der Waals surface area contributed by atoms with Crippen LogP contribution in [0.4, 0.5) is 5.82 Å². The lowest BCUT2D eigenvalue weighted by atomic mass is 10.1. The predicted molar refractivity (Wildman–Crippen MR) is 152 cm³/mol. The molecule has 1 N–H and O–H groups in total. The van der Waals surface area contributed by atoms with Crippen molar-refractivity contribution in [3.63, 3.8) is 0 Å². The zero-order chi connectivity index (χ0) is 26.1. The number of pyridine rings is 1. The van der Waals surface area contributed by atoms with E-state index in [1.165, 1.54) is 11.8 Å². The standard InChI is InChI=1S/C27H29N5O3S2/c1-18-5-7-20(8-6-18)17-32-26(35)22(37-27(32)36)16-21-24(30-12-10-29(11-13-30)14-15-33)28-23-19(2)4-3-9-31(23)25(21)34/h3-9,16,33H,10-15,17H2,1-2H3/b22-16-. The summed E-state index contributed by atoms with van der Waals surface area (Å²) in [5, 5.41) is 9.29. The van der Waals surface area contributed by atoms with Crippen LogP contribution in [-0.4, -0.2) is 73.8 Å². The topological polar surface area (TPSA) is 81.4 Å². The molecular formula is C27H29N5O3S2. The molecule has 0 radical (unpaired) electrons. The molecule has 2 aromatic heterocycles. The Bertz CT molecular complexity index is 1440. The fourth-order valence-electron chi connectivity index (χ4n) is 4.64. The van der Waals surface area contributed by atoms with E-state index >= 15 is 0 Å². The maximum atomic E-state index is 13.7. The van der Waals surface area contributed by atoms with Gasteiger partial charge in [0.1, 0.15) is 15.8 Å². The lowest BCUT2D eigenvalue weighted by Gasteiger charge is -2.35. The fraction of sp³-hybridized carbons (Fsp3) is 0.333. The first-order valence-corrected chi connectivity index (χ1v) is 13.5. The summed E-state index contributed by atoms with van der Waals surface area (Å²) >= 11 is 6.77. The van der Waals surface area contributed by atoms with E-state index in [4.69, 9.17) is 17.2 Å². The van der Waals surface area contributed by atoms with Crippen LogP contribution in [0.2, 0.25) is 0 Å². The highest BCUT2D eigenvalue weighted by molar-refractivity contribution is 8.26. The number of anilines is 1. The number of thioether (sulfide) groups is 1. The van der Waals surface area contributed by atoms with Crippen molar-refractivity contribution >= 4 is 51.7 Å². The molecule has 2 fully saturated rings. The minimum atomic E-state index is -0.217. The SMILES string of the molecule is Cc1ccc(CN2C(=O)/C(=C/c3c(N4CCN(CCO)CC4)nc4c(C)cccn4c3=O)SC2=S)cc1. The Labute approximate surface area is 225 Å². The number of carbonyl (C=O) groups excluding carboxylic acids is 1. The molecule has 10 heteroatoms. The highest BCUT2D eigenvalue weighted by Gasteiger charge is 2.33. The molecule has 37 heavy (non-hydrogen) atoms. The molecule has 1 aromatic carbocycles. The molecule has 192 valence electrons. The van der Waals surface area contributed by atoms with Crippen molar-refractivity contribution in [3.8, 4) is 0 Å². The summed E-state index contributed by atoms with van der Waals surface area (Å²) in [5.74, 6) is 0.370. The number of fused-ring (bicyclic) bond motifs is 1. The molecule has 0 spiro atoms. The van der Waals surface area contributed by atoms with E-state index < -0.39 is 0 Å². The van der Waals surface area contributed by atoms with Crippen LogP contribution in [0.3, 0.4) is 0 Å². The van der Waals surface area contributed by atoms with E-state index in [2.05, 4.69) is 9.80 Å². The highest BCUT2D eigenvalue weighted by Crippen LogP contribution is 2.34. The van der Waals surface area contributed by atoms with Gasteiger partial charge in [0.25, 0.3) is 11.5 Å². The number of aryl methyl sites for hydroxylation is 2. The lowest BCUT2D eigenvalue weighted by Crippen LogP contribution is -2.48. The zero-order valence-electron chi connectivity index (χ0n) is 20.9. The number of nitrogens with zero attached hydrogens (tertiary/aromatic N) is 5. The number of aliphatic hydroxyl groups excluding tert-OH is 1. The van der Waals surface area contributed by atoms with Crippen molar-refractivity contribution in [2.75, 3.05) is 44.2 Å². The second-order valence-corrected chi connectivity index (χ2v) is 11.0. The third kappa shape index (κ3) is 5.19. The summed E-state index contributed by atoms with van der Waals surface area (Å²) < 4.78 is 2.01. The molecule has 0 unspecified atom stereocenters. The molecule has 8 nitrogen and oxygen atoms in total. The van der Waals surface area contributed by atoms with Gasteiger partial charge in [0, 0.05) is 38.9 Å². The molecule has 1 amide bonds.